The van der Waals surface area contributed by atoms with Gasteiger partial charge >= 0.3 is 0 Å². The molecule has 0 radical (unpaired) electrons. The standard InChI is InChI=1S/C17H28O3.C16H26O4.C14H17NO2.C14H22.3C12H18.C10H14.C9H14N.C8H12N2.ClH/c1-5-15-13-17(16(6-2)12-14(15)4)20-11-10-19-9-8-18-7-3;1-5-13-11-16(20-10-8-18-4)14(6-2)12-15(13)19-9-7-17-3;1-4-9-7-11-12(8-10(9)5-2)14(17)15(6-3)13(11)16;1-5-11-9-12(6-2)14(8-4)13(7-3)10-11;1-4-10-7-11(5-2)9-12(6-3)8-10;2*1-4-10-7-8-11(5-2)12(6-3)9-10;2*1-3-9-5-7-10(4-2)8-6-9;1-3-7-5-9-8(4-2)10-6-7;/h12-13H,5-11H2,1-4H3;11-12H,5-10H2,1-4H3;7-8H,4-6H2,1-3H3;9-10H,5-8H2,1-4H3;3*7-9H,4-6H2,1-3H3;2*5-8H,3-4H2,1-2H3;5-6H,3-4H2,1-2H3;1H/q;;;;;;;;+1;;/p-1. The Bertz CT molecular complexity index is 4530. The highest BCUT2D eigenvalue weighted by Crippen LogP contribution is 2.32. The summed E-state index contributed by atoms with van der Waals surface area (Å²) in [5, 5.41) is 0. The predicted octanol–water partition coefficient (Wildman–Crippen LogP) is 25.9. The van der Waals surface area contributed by atoms with E-state index in [2.05, 4.69) is 334 Å². The molecule has 0 spiro atoms. The fourth-order valence-corrected chi connectivity index (χ4v) is 15.9. The molecule has 11 rings (SSSR count). The number of benzene rings is 8. The molecule has 2 aromatic heterocycles. The molecule has 8 aromatic carbocycles. The maximum absolute atomic E-state index is 12.0. The Morgan fingerprint density at radius 1 is 0.268 bits per heavy atom. The molecule has 0 fully saturated rings. The molecule has 0 N–H and O–H groups in total. The van der Waals surface area contributed by atoms with Crippen molar-refractivity contribution in [2.75, 3.05) is 80.2 Å². The number of carbonyl (C=O) groups is 2. The maximum atomic E-state index is 12.0. The summed E-state index contributed by atoms with van der Waals surface area (Å²) in [5.41, 5.74) is 34.9. The summed E-state index contributed by atoms with van der Waals surface area (Å²) in [6.45, 7) is 67.5. The minimum Gasteiger partial charge on any atom is -1.00 e. The van der Waals surface area contributed by atoms with Gasteiger partial charge in [-0.3, -0.25) is 14.5 Å². The number of rotatable bonds is 42. The first-order valence-electron chi connectivity index (χ1n) is 53.0. The van der Waals surface area contributed by atoms with Crippen LogP contribution in [0.25, 0.3) is 0 Å². The molecule has 1 aliphatic rings. The average Bonchev–Trinajstić information content (AvgIpc) is 1.62. The Morgan fingerprint density at radius 3 is 0.891 bits per heavy atom. The summed E-state index contributed by atoms with van der Waals surface area (Å²) in [6.07, 6.45) is 34.1. The number of amides is 2. The van der Waals surface area contributed by atoms with E-state index in [0.29, 0.717) is 70.5 Å². The quantitative estimate of drug-likeness (QED) is 0.0206. The van der Waals surface area contributed by atoms with Crippen molar-refractivity contribution in [1.82, 2.24) is 14.9 Å². The van der Waals surface area contributed by atoms with Crippen molar-refractivity contribution >= 4 is 11.8 Å². The smallest absolute Gasteiger partial charge is 0.261 e. The number of carbonyl (C=O) groups excluding carboxylic acids is 2. The molecule has 0 atom stereocenters. The summed E-state index contributed by atoms with van der Waals surface area (Å²) < 4.78 is 40.3. The lowest BCUT2D eigenvalue weighted by Gasteiger charge is -2.16. The van der Waals surface area contributed by atoms with Crippen molar-refractivity contribution in [3.63, 3.8) is 0 Å². The number of pyridine rings is 1. The van der Waals surface area contributed by atoms with Crippen molar-refractivity contribution in [2.24, 2.45) is 0 Å². The molecular formula is C124H187ClN4O9. The Morgan fingerprint density at radius 2 is 0.572 bits per heavy atom. The first-order chi connectivity index (χ1) is 66.4. The highest BCUT2D eigenvalue weighted by atomic mass is 35.5. The summed E-state index contributed by atoms with van der Waals surface area (Å²) in [5.74, 6) is 3.50. The summed E-state index contributed by atoms with van der Waals surface area (Å²) in [6, 6.07) is 51.0. The minimum atomic E-state index is -0.148. The van der Waals surface area contributed by atoms with Gasteiger partial charge in [0.25, 0.3) is 11.8 Å². The van der Waals surface area contributed by atoms with Crippen LogP contribution in [0.2, 0.25) is 0 Å². The van der Waals surface area contributed by atoms with Crippen LogP contribution in [-0.4, -0.2) is 107 Å². The Kier molecular flexibility index (Phi) is 70.2. The van der Waals surface area contributed by atoms with Gasteiger partial charge in [-0.25, -0.2) is 14.5 Å². The fraction of sp³-hybridized carbons (Fsp3) is 0.524. The van der Waals surface area contributed by atoms with Gasteiger partial charge in [-0.05, 0) is 339 Å². The van der Waals surface area contributed by atoms with Crippen LogP contribution in [0.15, 0.2) is 164 Å². The van der Waals surface area contributed by atoms with Crippen molar-refractivity contribution in [1.29, 1.82) is 0 Å². The van der Waals surface area contributed by atoms with Gasteiger partial charge in [-0.1, -0.05) is 263 Å². The van der Waals surface area contributed by atoms with E-state index in [0.717, 1.165) is 182 Å². The molecule has 13 nitrogen and oxygen atoms in total. The van der Waals surface area contributed by atoms with Crippen LogP contribution in [0, 0.1) is 6.92 Å². The van der Waals surface area contributed by atoms with Crippen molar-refractivity contribution in [2.45, 2.75) is 355 Å². The van der Waals surface area contributed by atoms with E-state index in [1.54, 1.807) is 30.9 Å². The first kappa shape index (κ1) is 127. The van der Waals surface area contributed by atoms with E-state index in [-0.39, 0.29) is 24.2 Å². The molecule has 0 saturated carbocycles. The molecule has 2 amide bonds. The number of fused-ring (bicyclic) bond motifs is 1. The molecule has 0 aliphatic carbocycles. The van der Waals surface area contributed by atoms with Gasteiger partial charge in [-0.2, -0.15) is 0 Å². The molecule has 0 unspecified atom stereocenters. The second kappa shape index (κ2) is 76.5. The number of aryl methyl sites for hydroxylation is 25. The molecule has 0 saturated heterocycles. The van der Waals surface area contributed by atoms with Crippen LogP contribution in [0.5, 0.6) is 17.2 Å². The summed E-state index contributed by atoms with van der Waals surface area (Å²) in [7, 11) is 3.35. The first-order valence-corrected chi connectivity index (χ1v) is 53.0. The number of methoxy groups -OCH3 is 2. The third-order valence-electron chi connectivity index (χ3n) is 25.1. The van der Waals surface area contributed by atoms with Crippen LogP contribution in [0.4, 0.5) is 0 Å². The predicted molar refractivity (Wildman–Crippen MR) is 584 cm³/mol. The number of aromatic nitrogens is 3. The summed E-state index contributed by atoms with van der Waals surface area (Å²) in [4.78, 5) is 33.6. The minimum absolute atomic E-state index is 0. The van der Waals surface area contributed by atoms with Gasteiger partial charge in [-0.15, -0.1) is 0 Å². The van der Waals surface area contributed by atoms with E-state index in [4.69, 9.17) is 33.2 Å². The normalized spacial score (nSPS) is 10.8. The lowest BCUT2D eigenvalue weighted by atomic mass is 9.92. The van der Waals surface area contributed by atoms with Crippen LogP contribution in [0.1, 0.15) is 347 Å². The largest absolute Gasteiger partial charge is 1.00 e. The number of ether oxygens (including phenoxy) is 7. The van der Waals surface area contributed by atoms with E-state index >= 15 is 0 Å². The molecule has 10 aromatic rings. The molecule has 764 valence electrons. The zero-order chi connectivity index (χ0) is 102. The molecule has 14 heteroatoms. The van der Waals surface area contributed by atoms with Gasteiger partial charge < -0.3 is 45.6 Å². The fourth-order valence-electron chi connectivity index (χ4n) is 15.9. The highest BCUT2D eigenvalue weighted by Gasteiger charge is 2.35. The number of nitrogens with zero attached hydrogens (tertiary/aromatic N) is 4. The monoisotopic (exact) mass is 1910 g/mol. The number of halogens is 1. The number of hydrogen-bond acceptors (Lipinski definition) is 11. The second-order valence-corrected chi connectivity index (χ2v) is 33.9. The van der Waals surface area contributed by atoms with Gasteiger partial charge in [0.05, 0.1) is 44.2 Å². The number of hydrogen-bond donors (Lipinski definition) is 0. The third kappa shape index (κ3) is 45.5. The average molecular weight is 1910 g/mol. The SMILES string of the molecule is CCOCCOCCOc1cc(CC)c(C)cc1CC.CCc1cc(CC)c(CC)c(CC)c1.CCc1cc(CC)cc(CC)c1.CCc1cc(OCCOC)c(CC)cc1OCCOC.CCc1cc2c(cc1CC)C(=O)N(CC)C2=O.CCc1cc[n+](CC)cc1.CCc1ccc(CC)c(CC)c1.CCc1ccc(CC)c(CC)c1.CCc1ccc(CC)cc1.CCc1cnc(CC)nc1.[Cl-]. The van der Waals surface area contributed by atoms with Crippen LogP contribution < -0.4 is 31.2 Å². The van der Waals surface area contributed by atoms with Crippen LogP contribution in [0.3, 0.4) is 0 Å². The maximum Gasteiger partial charge on any atom is 0.261 e. The molecule has 0 bridgehead atoms. The Hall–Kier alpha value is -9.34. The van der Waals surface area contributed by atoms with Gasteiger partial charge in [0.2, 0.25) is 0 Å². The van der Waals surface area contributed by atoms with Crippen molar-refractivity contribution < 1.29 is 59.7 Å². The lowest BCUT2D eigenvalue weighted by Crippen LogP contribution is -3.00. The zero-order valence-corrected chi connectivity index (χ0v) is 92.9. The molecule has 1 aliphatic heterocycles. The Balaban J connectivity index is 0.000000773. The third-order valence-corrected chi connectivity index (χ3v) is 25.1. The molecule has 138 heavy (non-hydrogen) atoms. The Labute approximate surface area is 847 Å². The lowest BCUT2D eigenvalue weighted by molar-refractivity contribution is -0.693. The van der Waals surface area contributed by atoms with Gasteiger partial charge in [0, 0.05) is 58.3 Å². The topological polar surface area (TPSA) is 132 Å². The van der Waals surface area contributed by atoms with Crippen LogP contribution in [-0.2, 0) is 180 Å². The van der Waals surface area contributed by atoms with E-state index in [1.165, 1.54) is 130 Å². The van der Waals surface area contributed by atoms with Crippen molar-refractivity contribution in [3.05, 3.63) is 315 Å². The van der Waals surface area contributed by atoms with E-state index in [9.17, 15) is 9.59 Å². The van der Waals surface area contributed by atoms with Gasteiger partial charge in [0.1, 0.15) is 49.4 Å². The number of imide groups is 1. The van der Waals surface area contributed by atoms with Crippen LogP contribution >= 0.6 is 0 Å². The van der Waals surface area contributed by atoms with E-state index < -0.39 is 0 Å². The summed E-state index contributed by atoms with van der Waals surface area (Å²) >= 11 is 0. The molecule has 3 heterocycles. The van der Waals surface area contributed by atoms with Crippen molar-refractivity contribution in [3.8, 4) is 17.2 Å². The second-order valence-electron chi connectivity index (χ2n) is 33.9. The zero-order valence-electron chi connectivity index (χ0n) is 92.2. The highest BCUT2D eigenvalue weighted by molar-refractivity contribution is 6.21. The van der Waals surface area contributed by atoms with Gasteiger partial charge in [0.15, 0.2) is 12.4 Å². The molecular weight excluding hydrogens is 1720 g/mol. The van der Waals surface area contributed by atoms with E-state index in [1.807, 2.05) is 38.4 Å².